The molecular weight excluding hydrogens is 342 g/mol. The molecule has 0 bridgehead atoms. The Balaban J connectivity index is 3.29. The minimum atomic E-state index is -0.600. The average Bonchev–Trinajstić information content (AvgIpc) is 2.47. The lowest BCUT2D eigenvalue weighted by molar-refractivity contribution is 0.0601. The van der Waals surface area contributed by atoms with E-state index >= 15 is 0 Å². The molecule has 0 saturated heterocycles. The van der Waals surface area contributed by atoms with E-state index < -0.39 is 11.8 Å². The molecule has 0 aromatic heterocycles. The first kappa shape index (κ1) is 16.5. The second kappa shape index (κ2) is 7.25. The lowest BCUT2D eigenvalue weighted by Crippen LogP contribution is -2.22. The maximum absolute atomic E-state index is 11.7. The van der Waals surface area contributed by atoms with Gasteiger partial charge in [0.15, 0.2) is 5.84 Å². The molecule has 9 heteroatoms. The minimum absolute atomic E-state index is 0.176. The third-order valence-electron chi connectivity index (χ3n) is 2.35. The molecule has 1 aromatic rings. The van der Waals surface area contributed by atoms with Crippen molar-refractivity contribution < 1.29 is 14.3 Å². The molecule has 0 unspecified atom stereocenters. The summed E-state index contributed by atoms with van der Waals surface area (Å²) in [6, 6.07) is 4.64. The van der Waals surface area contributed by atoms with Crippen molar-refractivity contribution in [2.24, 2.45) is 10.8 Å². The van der Waals surface area contributed by atoms with Gasteiger partial charge in [0.2, 0.25) is 5.71 Å². The molecule has 0 aliphatic rings. The highest BCUT2D eigenvalue weighted by Gasteiger charge is 2.16. The number of hydrogen-bond acceptors (Lipinski definition) is 7. The van der Waals surface area contributed by atoms with E-state index in [4.69, 9.17) is 21.1 Å². The Kier molecular flexibility index (Phi) is 5.68. The van der Waals surface area contributed by atoms with Crippen LogP contribution in [0.2, 0.25) is 0 Å². The number of nitriles is 1. The van der Waals surface area contributed by atoms with Gasteiger partial charge in [-0.25, -0.2) is 4.79 Å². The maximum Gasteiger partial charge on any atom is 0.340 e. The Labute approximate surface area is 129 Å². The molecule has 0 radical (unpaired) electrons. The molecule has 0 saturated carbocycles. The van der Waals surface area contributed by atoms with Crippen molar-refractivity contribution in [3.8, 4) is 11.8 Å². The SMILES string of the molecule is COC(=O)c1cc(Br)c(OC)cc1N/N=C(\C#N)C(=N)N. The summed E-state index contributed by atoms with van der Waals surface area (Å²) in [5.74, 6) is -0.646. The van der Waals surface area contributed by atoms with Crippen LogP contribution >= 0.6 is 15.9 Å². The minimum Gasteiger partial charge on any atom is -0.495 e. The highest BCUT2D eigenvalue weighted by atomic mass is 79.9. The van der Waals surface area contributed by atoms with E-state index in [2.05, 4.69) is 31.2 Å². The number of esters is 1. The van der Waals surface area contributed by atoms with Gasteiger partial charge in [0.1, 0.15) is 11.8 Å². The number of carbonyl (C=O) groups is 1. The fourth-order valence-electron chi connectivity index (χ4n) is 1.34. The van der Waals surface area contributed by atoms with Crippen molar-refractivity contribution in [2.75, 3.05) is 19.6 Å². The predicted octanol–water partition coefficient (Wildman–Crippen LogP) is 1.47. The first-order valence-corrected chi connectivity index (χ1v) is 6.28. The average molecular weight is 354 g/mol. The van der Waals surface area contributed by atoms with Gasteiger partial charge in [0, 0.05) is 6.07 Å². The first-order valence-electron chi connectivity index (χ1n) is 5.48. The lowest BCUT2D eigenvalue weighted by Gasteiger charge is -2.11. The molecule has 0 heterocycles. The standard InChI is InChI=1S/C12H12BrN5O3/c1-20-10-4-8(17-18-9(5-14)11(15)16)6(3-7(10)13)12(19)21-2/h3-4,17H,1-2H3,(H3,15,16)/b18-9+. The van der Waals surface area contributed by atoms with E-state index in [1.54, 1.807) is 6.07 Å². The molecule has 1 rings (SSSR count). The molecular formula is C12H12BrN5O3. The molecule has 1 aromatic carbocycles. The molecule has 0 aliphatic carbocycles. The first-order chi connectivity index (χ1) is 9.94. The number of halogens is 1. The van der Waals surface area contributed by atoms with Gasteiger partial charge in [-0.05, 0) is 22.0 Å². The van der Waals surface area contributed by atoms with Crippen LogP contribution in [0.25, 0.3) is 0 Å². The molecule has 0 amide bonds. The normalized spacial score (nSPS) is 10.5. The van der Waals surface area contributed by atoms with Crippen LogP contribution in [0.5, 0.6) is 5.75 Å². The number of methoxy groups -OCH3 is 2. The Bertz CT molecular complexity index is 651. The van der Waals surface area contributed by atoms with Gasteiger partial charge in [-0.3, -0.25) is 10.8 Å². The molecule has 0 fully saturated rings. The number of rotatable bonds is 5. The monoisotopic (exact) mass is 353 g/mol. The summed E-state index contributed by atoms with van der Waals surface area (Å²) in [5, 5.41) is 19.6. The highest BCUT2D eigenvalue weighted by molar-refractivity contribution is 9.10. The van der Waals surface area contributed by atoms with E-state index in [9.17, 15) is 4.79 Å². The number of anilines is 1. The molecule has 0 spiro atoms. The zero-order chi connectivity index (χ0) is 16.0. The Morgan fingerprint density at radius 3 is 2.67 bits per heavy atom. The number of benzene rings is 1. The zero-order valence-electron chi connectivity index (χ0n) is 11.2. The second-order valence-corrected chi connectivity index (χ2v) is 4.48. The van der Waals surface area contributed by atoms with E-state index in [0.717, 1.165) is 0 Å². The fraction of sp³-hybridized carbons (Fsp3) is 0.167. The number of hydrazone groups is 1. The van der Waals surface area contributed by atoms with Gasteiger partial charge in [-0.15, -0.1) is 0 Å². The van der Waals surface area contributed by atoms with Crippen molar-refractivity contribution in [3.05, 3.63) is 22.2 Å². The summed E-state index contributed by atoms with van der Waals surface area (Å²) < 4.78 is 10.3. The van der Waals surface area contributed by atoms with Crippen molar-refractivity contribution >= 4 is 39.1 Å². The van der Waals surface area contributed by atoms with E-state index in [1.807, 2.05) is 0 Å². The Morgan fingerprint density at radius 1 is 1.52 bits per heavy atom. The number of ether oxygens (including phenoxy) is 2. The number of hydrogen-bond donors (Lipinski definition) is 3. The summed E-state index contributed by atoms with van der Waals surface area (Å²) in [6.45, 7) is 0. The van der Waals surface area contributed by atoms with Crippen LogP contribution in [0.1, 0.15) is 10.4 Å². The Morgan fingerprint density at radius 2 is 2.19 bits per heavy atom. The van der Waals surface area contributed by atoms with Crippen LogP contribution in [0.15, 0.2) is 21.7 Å². The summed E-state index contributed by atoms with van der Waals surface area (Å²) in [7, 11) is 2.70. The molecule has 4 N–H and O–H groups in total. The largest absolute Gasteiger partial charge is 0.495 e. The van der Waals surface area contributed by atoms with E-state index in [1.165, 1.54) is 26.4 Å². The van der Waals surface area contributed by atoms with Crippen molar-refractivity contribution in [2.45, 2.75) is 0 Å². The molecule has 0 aliphatic heterocycles. The molecule has 21 heavy (non-hydrogen) atoms. The molecule has 0 atom stereocenters. The second-order valence-electron chi connectivity index (χ2n) is 3.62. The number of nitrogens with zero attached hydrogens (tertiary/aromatic N) is 2. The van der Waals surface area contributed by atoms with Crippen LogP contribution in [-0.4, -0.2) is 31.7 Å². The molecule has 110 valence electrons. The van der Waals surface area contributed by atoms with E-state index in [0.29, 0.717) is 10.2 Å². The summed E-state index contributed by atoms with van der Waals surface area (Å²) >= 11 is 3.25. The quantitative estimate of drug-likeness (QED) is 0.317. The summed E-state index contributed by atoms with van der Waals surface area (Å²) in [6.07, 6.45) is 0. The van der Waals surface area contributed by atoms with Gasteiger partial charge < -0.3 is 15.2 Å². The zero-order valence-corrected chi connectivity index (χ0v) is 12.8. The van der Waals surface area contributed by atoms with Crippen molar-refractivity contribution in [1.29, 1.82) is 10.7 Å². The topological polar surface area (TPSA) is 134 Å². The van der Waals surface area contributed by atoms with Gasteiger partial charge >= 0.3 is 5.97 Å². The van der Waals surface area contributed by atoms with Crippen molar-refractivity contribution in [3.63, 3.8) is 0 Å². The van der Waals surface area contributed by atoms with E-state index in [-0.39, 0.29) is 17.0 Å². The maximum atomic E-state index is 11.7. The smallest absolute Gasteiger partial charge is 0.340 e. The third kappa shape index (κ3) is 3.93. The third-order valence-corrected chi connectivity index (χ3v) is 2.97. The fourth-order valence-corrected chi connectivity index (χ4v) is 1.85. The number of nitrogens with one attached hydrogen (secondary N) is 2. The molecule has 8 nitrogen and oxygen atoms in total. The van der Waals surface area contributed by atoms with Crippen molar-refractivity contribution in [1.82, 2.24) is 0 Å². The highest BCUT2D eigenvalue weighted by Crippen LogP contribution is 2.32. The van der Waals surface area contributed by atoms with Crippen LogP contribution in [0.3, 0.4) is 0 Å². The van der Waals surface area contributed by atoms with Gasteiger partial charge in [0.05, 0.1) is 29.9 Å². The summed E-state index contributed by atoms with van der Waals surface area (Å²) in [5.41, 5.74) is 7.80. The number of carbonyl (C=O) groups excluding carboxylic acids is 1. The van der Waals surface area contributed by atoms with Crippen LogP contribution in [-0.2, 0) is 4.74 Å². The predicted molar refractivity (Wildman–Crippen MR) is 80.6 cm³/mol. The van der Waals surface area contributed by atoms with Crippen LogP contribution in [0.4, 0.5) is 5.69 Å². The van der Waals surface area contributed by atoms with Crippen LogP contribution < -0.4 is 15.9 Å². The number of amidine groups is 1. The lowest BCUT2D eigenvalue weighted by atomic mass is 10.1. The van der Waals surface area contributed by atoms with Gasteiger partial charge in [-0.1, -0.05) is 0 Å². The van der Waals surface area contributed by atoms with Crippen LogP contribution in [0, 0.1) is 16.7 Å². The number of nitrogens with two attached hydrogens (primary N) is 1. The summed E-state index contributed by atoms with van der Waals surface area (Å²) in [4.78, 5) is 11.7. The Hall–Kier alpha value is -2.60. The van der Waals surface area contributed by atoms with Gasteiger partial charge in [0.25, 0.3) is 0 Å². The van der Waals surface area contributed by atoms with Gasteiger partial charge in [-0.2, -0.15) is 10.4 Å².